The summed E-state index contributed by atoms with van der Waals surface area (Å²) >= 11 is 0. The molecule has 0 aliphatic heterocycles. The quantitative estimate of drug-likeness (QED) is 0.828. The first-order valence-electron chi connectivity index (χ1n) is 5.51. The van der Waals surface area contributed by atoms with Crippen LogP contribution in [0.15, 0.2) is 23.1 Å². The minimum Gasteiger partial charge on any atom is -0.392 e. The highest BCUT2D eigenvalue weighted by Gasteiger charge is 2.00. The molecule has 0 aromatic carbocycles. The average molecular weight is 211 g/mol. The molecule has 0 bridgehead atoms. The van der Waals surface area contributed by atoms with Crippen molar-refractivity contribution >= 4 is 0 Å². The van der Waals surface area contributed by atoms with Crippen molar-refractivity contribution in [2.75, 3.05) is 0 Å². The van der Waals surface area contributed by atoms with Crippen LogP contribution in [0.2, 0.25) is 0 Å². The van der Waals surface area contributed by atoms with Gasteiger partial charge < -0.3 is 9.67 Å². The van der Waals surface area contributed by atoms with Crippen molar-refractivity contribution in [2.24, 2.45) is 0 Å². The van der Waals surface area contributed by atoms with E-state index in [2.05, 4.69) is 0 Å². The predicted molar refractivity (Wildman–Crippen MR) is 63.1 cm³/mol. The molecule has 3 heteroatoms. The van der Waals surface area contributed by atoms with Gasteiger partial charge >= 0.3 is 0 Å². The van der Waals surface area contributed by atoms with E-state index < -0.39 is 6.10 Å². The van der Waals surface area contributed by atoms with E-state index in [-0.39, 0.29) is 5.56 Å². The van der Waals surface area contributed by atoms with Crippen LogP contribution in [0.3, 0.4) is 0 Å². The van der Waals surface area contributed by atoms with Crippen LogP contribution in [0.5, 0.6) is 0 Å². The van der Waals surface area contributed by atoms with Crippen molar-refractivity contribution in [1.29, 1.82) is 0 Å². The van der Waals surface area contributed by atoms with Crippen LogP contribution in [0.25, 0.3) is 0 Å². The van der Waals surface area contributed by atoms with Crippen molar-refractivity contribution in [2.45, 2.75) is 46.8 Å². The zero-order valence-electron chi connectivity index (χ0n) is 10.0. The largest absolute Gasteiger partial charge is 0.392 e. The smallest absolute Gasteiger partial charge is 0.250 e. The molecule has 1 atom stereocenters. The van der Waals surface area contributed by atoms with Crippen molar-refractivity contribution in [3.05, 3.63) is 34.2 Å². The monoisotopic (exact) mass is 211 g/mol. The van der Waals surface area contributed by atoms with E-state index in [9.17, 15) is 4.79 Å². The lowest BCUT2D eigenvalue weighted by molar-refractivity contribution is 0.172. The number of hydrogen-bond donors (Lipinski definition) is 1. The number of aromatic nitrogens is 1. The number of rotatable bonds is 3. The fourth-order valence-corrected chi connectivity index (χ4v) is 1.22. The van der Waals surface area contributed by atoms with Crippen molar-refractivity contribution in [3.8, 4) is 0 Å². The standard InChI is InChI=1S/C10H15NO2.C2H6/c1-3-9-4-5-10(13)11(7-9)6-8(2)12;1-2/h4-5,7-8,12H,3,6H2,1-2H3;1-2H3/t8-;/m0./s1. The number of aliphatic hydroxyl groups excluding tert-OH is 1. The minimum absolute atomic E-state index is 0.0573. The summed E-state index contributed by atoms with van der Waals surface area (Å²) in [4.78, 5) is 11.3. The third-order valence-corrected chi connectivity index (χ3v) is 1.91. The number of pyridine rings is 1. The Morgan fingerprint density at radius 1 is 1.40 bits per heavy atom. The van der Waals surface area contributed by atoms with Crippen LogP contribution in [0.1, 0.15) is 33.3 Å². The normalized spacial score (nSPS) is 11.5. The highest BCUT2D eigenvalue weighted by Crippen LogP contribution is 1.97. The lowest BCUT2D eigenvalue weighted by Crippen LogP contribution is -2.24. The van der Waals surface area contributed by atoms with Gasteiger partial charge in [0, 0.05) is 12.3 Å². The van der Waals surface area contributed by atoms with Crippen LogP contribution >= 0.6 is 0 Å². The number of aryl methyl sites for hydroxylation is 1. The van der Waals surface area contributed by atoms with Crippen LogP contribution in [0, 0.1) is 0 Å². The minimum atomic E-state index is -0.482. The molecule has 15 heavy (non-hydrogen) atoms. The molecule has 1 aromatic heterocycles. The Morgan fingerprint density at radius 2 is 2.00 bits per heavy atom. The van der Waals surface area contributed by atoms with Crippen molar-refractivity contribution < 1.29 is 5.11 Å². The summed E-state index contributed by atoms with van der Waals surface area (Å²) in [5.41, 5.74) is 1.05. The Bertz CT molecular complexity index is 329. The molecule has 1 rings (SSSR count). The lowest BCUT2D eigenvalue weighted by Gasteiger charge is -2.08. The lowest BCUT2D eigenvalue weighted by atomic mass is 10.2. The molecule has 0 saturated carbocycles. The number of hydrogen-bond acceptors (Lipinski definition) is 2. The molecule has 0 unspecified atom stereocenters. The van der Waals surface area contributed by atoms with Crippen LogP contribution in [-0.4, -0.2) is 15.8 Å². The third kappa shape index (κ3) is 4.79. The maximum atomic E-state index is 11.3. The van der Waals surface area contributed by atoms with Gasteiger partial charge in [0.05, 0.1) is 12.6 Å². The second kappa shape index (κ2) is 7.23. The van der Waals surface area contributed by atoms with Crippen molar-refractivity contribution in [1.82, 2.24) is 4.57 Å². The van der Waals surface area contributed by atoms with Gasteiger partial charge in [-0.3, -0.25) is 4.79 Å². The maximum Gasteiger partial charge on any atom is 0.250 e. The summed E-state index contributed by atoms with van der Waals surface area (Å²) in [6.07, 6.45) is 2.22. The average Bonchev–Trinajstić information content (AvgIpc) is 2.23. The molecule has 3 nitrogen and oxygen atoms in total. The topological polar surface area (TPSA) is 42.2 Å². The zero-order chi connectivity index (χ0) is 11.8. The van der Waals surface area contributed by atoms with E-state index in [0.29, 0.717) is 6.54 Å². The summed E-state index contributed by atoms with van der Waals surface area (Å²) in [6, 6.07) is 3.36. The van der Waals surface area contributed by atoms with E-state index in [1.807, 2.05) is 26.8 Å². The maximum absolute atomic E-state index is 11.3. The van der Waals surface area contributed by atoms with Gasteiger partial charge in [0.2, 0.25) is 0 Å². The van der Waals surface area contributed by atoms with Gasteiger partial charge in [-0.1, -0.05) is 26.8 Å². The molecular formula is C12H21NO2. The SMILES string of the molecule is CC.CCc1ccc(=O)n(C[C@H](C)O)c1. The Kier molecular flexibility index (Phi) is 6.71. The van der Waals surface area contributed by atoms with E-state index in [4.69, 9.17) is 5.11 Å². The van der Waals surface area contributed by atoms with Crippen molar-refractivity contribution in [3.63, 3.8) is 0 Å². The van der Waals surface area contributed by atoms with Crippen LogP contribution in [0.4, 0.5) is 0 Å². The Labute approximate surface area is 91.4 Å². The number of nitrogens with zero attached hydrogens (tertiary/aromatic N) is 1. The Morgan fingerprint density at radius 3 is 2.47 bits per heavy atom. The van der Waals surface area contributed by atoms with E-state index >= 15 is 0 Å². The van der Waals surface area contributed by atoms with Gasteiger partial charge in [0.1, 0.15) is 0 Å². The van der Waals surface area contributed by atoms with Crippen LogP contribution < -0.4 is 5.56 Å². The molecule has 0 saturated heterocycles. The highest BCUT2D eigenvalue weighted by molar-refractivity contribution is 5.09. The summed E-state index contributed by atoms with van der Waals surface area (Å²) in [5, 5.41) is 9.13. The summed E-state index contributed by atoms with van der Waals surface area (Å²) in [6.45, 7) is 8.07. The van der Waals surface area contributed by atoms with Gasteiger partial charge in [-0.2, -0.15) is 0 Å². The van der Waals surface area contributed by atoms with Gasteiger partial charge in [-0.15, -0.1) is 0 Å². The van der Waals surface area contributed by atoms with Crippen LogP contribution in [-0.2, 0) is 13.0 Å². The molecule has 0 fully saturated rings. The molecular weight excluding hydrogens is 190 g/mol. The first-order valence-corrected chi connectivity index (χ1v) is 5.51. The molecule has 1 heterocycles. The second-order valence-corrected chi connectivity index (χ2v) is 3.23. The van der Waals surface area contributed by atoms with Gasteiger partial charge in [0.25, 0.3) is 5.56 Å². The molecule has 0 aliphatic carbocycles. The number of aliphatic hydroxyl groups is 1. The molecule has 0 radical (unpaired) electrons. The summed E-state index contributed by atoms with van der Waals surface area (Å²) in [7, 11) is 0. The van der Waals surface area contributed by atoms with Gasteiger partial charge in [0.15, 0.2) is 0 Å². The fraction of sp³-hybridized carbons (Fsp3) is 0.583. The first-order chi connectivity index (χ1) is 7.13. The second-order valence-electron chi connectivity index (χ2n) is 3.23. The van der Waals surface area contributed by atoms with Gasteiger partial charge in [-0.05, 0) is 18.9 Å². The summed E-state index contributed by atoms with van der Waals surface area (Å²) < 4.78 is 1.55. The predicted octanol–water partition coefficient (Wildman–Crippen LogP) is 1.82. The molecule has 0 amide bonds. The molecule has 86 valence electrons. The zero-order valence-corrected chi connectivity index (χ0v) is 10.0. The summed E-state index contributed by atoms with van der Waals surface area (Å²) in [5.74, 6) is 0. The Balaban J connectivity index is 0.000000921. The highest BCUT2D eigenvalue weighted by atomic mass is 16.3. The molecule has 0 aliphatic rings. The van der Waals surface area contributed by atoms with E-state index in [0.717, 1.165) is 12.0 Å². The molecule has 1 aromatic rings. The Hall–Kier alpha value is -1.09. The van der Waals surface area contributed by atoms with E-state index in [1.165, 1.54) is 0 Å². The van der Waals surface area contributed by atoms with E-state index in [1.54, 1.807) is 23.8 Å². The third-order valence-electron chi connectivity index (χ3n) is 1.91. The van der Waals surface area contributed by atoms with Gasteiger partial charge in [-0.25, -0.2) is 0 Å². The first kappa shape index (κ1) is 13.9. The molecule has 0 spiro atoms. The molecule has 1 N–H and O–H groups in total. The fourth-order valence-electron chi connectivity index (χ4n) is 1.22.